The zero-order chi connectivity index (χ0) is 9.80. The Bertz CT molecular complexity index is 281. The molecule has 1 unspecified atom stereocenters. The maximum atomic E-state index is 5.72. The molecule has 0 spiro atoms. The van der Waals surface area contributed by atoms with Gasteiger partial charge < -0.3 is 9.15 Å². The van der Waals surface area contributed by atoms with Crippen LogP contribution >= 0.6 is 11.6 Å². The van der Waals surface area contributed by atoms with E-state index in [1.807, 2.05) is 0 Å². The van der Waals surface area contributed by atoms with Crippen LogP contribution in [0.1, 0.15) is 30.7 Å². The molecule has 3 nitrogen and oxygen atoms in total. The molecule has 0 radical (unpaired) electrons. The van der Waals surface area contributed by atoms with Crippen molar-refractivity contribution in [1.82, 2.24) is 4.98 Å². The maximum absolute atomic E-state index is 5.72. The van der Waals surface area contributed by atoms with E-state index < -0.39 is 0 Å². The summed E-state index contributed by atoms with van der Waals surface area (Å²) in [6.45, 7) is 0.906. The summed E-state index contributed by atoms with van der Waals surface area (Å²) in [5.74, 6) is 1.34. The van der Waals surface area contributed by atoms with Crippen LogP contribution in [0.2, 0.25) is 0 Å². The van der Waals surface area contributed by atoms with E-state index in [4.69, 9.17) is 20.8 Å². The predicted molar refractivity (Wildman–Crippen MR) is 53.4 cm³/mol. The first-order chi connectivity index (χ1) is 6.90. The summed E-state index contributed by atoms with van der Waals surface area (Å²) in [5.41, 5.74) is 0.865. The third kappa shape index (κ3) is 2.28. The van der Waals surface area contributed by atoms with Crippen LogP contribution in [0.15, 0.2) is 10.8 Å². The Hall–Kier alpha value is -0.540. The average Bonchev–Trinajstić information content (AvgIpc) is 2.85. The fraction of sp³-hybridized carbons (Fsp3) is 0.700. The van der Waals surface area contributed by atoms with E-state index in [0.717, 1.165) is 30.9 Å². The molecule has 1 aliphatic heterocycles. The Morgan fingerprint density at radius 3 is 3.21 bits per heavy atom. The molecule has 1 atom stereocenters. The molecule has 14 heavy (non-hydrogen) atoms. The molecule has 1 aromatic rings. The zero-order valence-corrected chi connectivity index (χ0v) is 8.79. The lowest BCUT2D eigenvalue weighted by atomic mass is 10.1. The second-order valence-corrected chi connectivity index (χ2v) is 3.80. The van der Waals surface area contributed by atoms with Crippen LogP contribution in [0.25, 0.3) is 0 Å². The number of hydrogen-bond donors (Lipinski definition) is 0. The van der Waals surface area contributed by atoms with E-state index in [1.54, 1.807) is 0 Å². The van der Waals surface area contributed by atoms with Gasteiger partial charge in [-0.2, -0.15) is 0 Å². The molecule has 1 aliphatic rings. The highest BCUT2D eigenvalue weighted by Gasteiger charge is 2.17. The van der Waals surface area contributed by atoms with Gasteiger partial charge in [0.2, 0.25) is 0 Å². The molecule has 0 aliphatic carbocycles. The summed E-state index contributed by atoms with van der Waals surface area (Å²) in [5, 5.41) is 0. The lowest BCUT2D eigenvalue weighted by molar-refractivity contribution is 0.103. The van der Waals surface area contributed by atoms with Crippen LogP contribution in [0.5, 0.6) is 0 Å². The van der Waals surface area contributed by atoms with E-state index in [-0.39, 0.29) is 0 Å². The molecular formula is C10H14ClNO2. The molecule has 1 saturated heterocycles. The molecule has 1 fully saturated rings. The van der Waals surface area contributed by atoms with Crippen LogP contribution in [0, 0.1) is 0 Å². The van der Waals surface area contributed by atoms with Crippen molar-refractivity contribution in [1.29, 1.82) is 0 Å². The monoisotopic (exact) mass is 215 g/mol. The van der Waals surface area contributed by atoms with Crippen molar-refractivity contribution in [2.75, 3.05) is 6.61 Å². The quantitative estimate of drug-likeness (QED) is 0.724. The van der Waals surface area contributed by atoms with Crippen molar-refractivity contribution in [2.45, 2.75) is 37.7 Å². The summed E-state index contributed by atoms with van der Waals surface area (Å²) >= 11 is 5.72. The Balaban J connectivity index is 1.84. The van der Waals surface area contributed by atoms with Crippen molar-refractivity contribution in [3.63, 3.8) is 0 Å². The third-order valence-corrected chi connectivity index (χ3v) is 2.82. The van der Waals surface area contributed by atoms with Crippen LogP contribution < -0.4 is 0 Å². The first kappa shape index (κ1) is 9.99. The molecule has 0 aromatic carbocycles. The number of ether oxygens (including phenoxy) is 1. The third-order valence-electron chi connectivity index (χ3n) is 2.57. The molecule has 0 bridgehead atoms. The average molecular weight is 216 g/mol. The van der Waals surface area contributed by atoms with Gasteiger partial charge in [-0.1, -0.05) is 0 Å². The van der Waals surface area contributed by atoms with Gasteiger partial charge in [-0.25, -0.2) is 4.98 Å². The van der Waals surface area contributed by atoms with Crippen molar-refractivity contribution in [3.8, 4) is 0 Å². The first-order valence-electron chi connectivity index (χ1n) is 4.99. The fourth-order valence-electron chi connectivity index (χ4n) is 1.77. The minimum Gasteiger partial charge on any atom is -0.448 e. The highest BCUT2D eigenvalue weighted by molar-refractivity contribution is 6.16. The molecule has 2 rings (SSSR count). The summed E-state index contributed by atoms with van der Waals surface area (Å²) in [6, 6.07) is 0. The second-order valence-electron chi connectivity index (χ2n) is 3.53. The molecule has 0 amide bonds. The first-order valence-corrected chi connectivity index (χ1v) is 5.52. The molecule has 0 saturated carbocycles. The Morgan fingerprint density at radius 1 is 1.57 bits per heavy atom. The zero-order valence-electron chi connectivity index (χ0n) is 8.04. The lowest BCUT2D eigenvalue weighted by Gasteiger charge is -2.07. The summed E-state index contributed by atoms with van der Waals surface area (Å²) < 4.78 is 10.8. The van der Waals surface area contributed by atoms with Crippen molar-refractivity contribution >= 4 is 11.6 Å². The van der Waals surface area contributed by atoms with E-state index in [1.165, 1.54) is 19.2 Å². The van der Waals surface area contributed by atoms with Gasteiger partial charge in [0, 0.05) is 13.0 Å². The molecular weight excluding hydrogens is 202 g/mol. The molecule has 78 valence electrons. The lowest BCUT2D eigenvalue weighted by Crippen LogP contribution is -2.06. The normalized spacial score (nSPS) is 21.6. The number of nitrogens with zero attached hydrogens (tertiary/aromatic N) is 1. The van der Waals surface area contributed by atoms with Crippen LogP contribution in [-0.2, 0) is 17.0 Å². The number of aryl methyl sites for hydroxylation is 1. The molecule has 4 heteroatoms. The summed E-state index contributed by atoms with van der Waals surface area (Å²) in [4.78, 5) is 4.04. The topological polar surface area (TPSA) is 35.3 Å². The standard InChI is InChI=1S/C10H14ClNO2/c11-6-9-10(14-7-12-9)4-3-8-2-1-5-13-8/h7-8H,1-6H2. The van der Waals surface area contributed by atoms with Gasteiger partial charge in [-0.15, -0.1) is 11.6 Å². The van der Waals surface area contributed by atoms with Gasteiger partial charge in [0.1, 0.15) is 5.76 Å². The van der Waals surface area contributed by atoms with Gasteiger partial charge >= 0.3 is 0 Å². The van der Waals surface area contributed by atoms with Gasteiger partial charge in [0.05, 0.1) is 17.7 Å². The highest BCUT2D eigenvalue weighted by atomic mass is 35.5. The number of oxazole rings is 1. The highest BCUT2D eigenvalue weighted by Crippen LogP contribution is 2.19. The van der Waals surface area contributed by atoms with E-state index in [9.17, 15) is 0 Å². The SMILES string of the molecule is ClCc1ncoc1CCC1CCCO1. The number of aromatic nitrogens is 1. The Morgan fingerprint density at radius 2 is 2.50 bits per heavy atom. The molecule has 0 N–H and O–H groups in total. The maximum Gasteiger partial charge on any atom is 0.181 e. The summed E-state index contributed by atoms with van der Waals surface area (Å²) in [6.07, 6.45) is 6.12. The van der Waals surface area contributed by atoms with Gasteiger partial charge in [0.15, 0.2) is 6.39 Å². The van der Waals surface area contributed by atoms with Gasteiger partial charge in [0.25, 0.3) is 0 Å². The van der Waals surface area contributed by atoms with E-state index in [2.05, 4.69) is 4.98 Å². The van der Waals surface area contributed by atoms with E-state index in [0.29, 0.717) is 12.0 Å². The number of hydrogen-bond acceptors (Lipinski definition) is 3. The summed E-state index contributed by atoms with van der Waals surface area (Å²) in [7, 11) is 0. The van der Waals surface area contributed by atoms with Crippen molar-refractivity contribution < 1.29 is 9.15 Å². The molecule has 1 aromatic heterocycles. The minimum atomic E-state index is 0.406. The smallest absolute Gasteiger partial charge is 0.181 e. The van der Waals surface area contributed by atoms with Crippen LogP contribution in [-0.4, -0.2) is 17.7 Å². The predicted octanol–water partition coefficient (Wildman–Crippen LogP) is 2.53. The van der Waals surface area contributed by atoms with E-state index >= 15 is 0 Å². The number of alkyl halides is 1. The largest absolute Gasteiger partial charge is 0.448 e. The van der Waals surface area contributed by atoms with Gasteiger partial charge in [-0.3, -0.25) is 0 Å². The second kappa shape index (κ2) is 4.80. The number of halogens is 1. The van der Waals surface area contributed by atoms with Crippen LogP contribution in [0.3, 0.4) is 0 Å². The Labute approximate surface area is 88.4 Å². The van der Waals surface area contributed by atoms with Crippen LogP contribution in [0.4, 0.5) is 0 Å². The van der Waals surface area contributed by atoms with Crippen molar-refractivity contribution in [2.24, 2.45) is 0 Å². The molecule has 2 heterocycles. The minimum absolute atomic E-state index is 0.406. The number of rotatable bonds is 4. The van der Waals surface area contributed by atoms with Crippen molar-refractivity contribution in [3.05, 3.63) is 17.8 Å². The fourth-order valence-corrected chi connectivity index (χ4v) is 1.99. The van der Waals surface area contributed by atoms with Gasteiger partial charge in [-0.05, 0) is 19.3 Å². The Kier molecular flexibility index (Phi) is 3.43.